The average molecular weight is 225 g/mol. The Morgan fingerprint density at radius 3 is 2.19 bits per heavy atom. The zero-order chi connectivity index (χ0) is 12.6. The molecule has 0 atom stereocenters. The topological polar surface area (TPSA) is 57.6 Å². The van der Waals surface area contributed by atoms with E-state index in [0.29, 0.717) is 12.8 Å². The van der Waals surface area contributed by atoms with E-state index in [2.05, 4.69) is 13.2 Å². The number of carbonyl (C=O) groups is 2. The van der Waals surface area contributed by atoms with Crippen LogP contribution in [0.2, 0.25) is 0 Å². The molecule has 0 bridgehead atoms. The van der Waals surface area contributed by atoms with Crippen molar-refractivity contribution in [1.82, 2.24) is 4.90 Å². The van der Waals surface area contributed by atoms with Crippen LogP contribution in [-0.2, 0) is 9.59 Å². The van der Waals surface area contributed by atoms with Crippen molar-refractivity contribution in [3.63, 3.8) is 0 Å². The fraction of sp³-hybridized carbons (Fsp3) is 0.500. The van der Waals surface area contributed by atoms with Gasteiger partial charge in [-0.1, -0.05) is 12.2 Å². The van der Waals surface area contributed by atoms with E-state index >= 15 is 0 Å². The van der Waals surface area contributed by atoms with Crippen LogP contribution in [0.15, 0.2) is 25.3 Å². The molecule has 0 unspecified atom stereocenters. The molecule has 0 aliphatic carbocycles. The van der Waals surface area contributed by atoms with Gasteiger partial charge in [0.15, 0.2) is 0 Å². The highest BCUT2D eigenvalue weighted by Gasteiger charge is 2.19. The molecule has 1 N–H and O–H groups in total. The van der Waals surface area contributed by atoms with Crippen LogP contribution in [0.3, 0.4) is 0 Å². The summed E-state index contributed by atoms with van der Waals surface area (Å²) in [4.78, 5) is 23.7. The molecule has 0 radical (unpaired) electrons. The van der Waals surface area contributed by atoms with Crippen molar-refractivity contribution in [2.75, 3.05) is 13.6 Å². The van der Waals surface area contributed by atoms with Crippen LogP contribution in [0.1, 0.15) is 19.3 Å². The Hall–Kier alpha value is -1.58. The van der Waals surface area contributed by atoms with Crippen molar-refractivity contribution in [3.8, 4) is 0 Å². The number of carbonyl (C=O) groups excluding carboxylic acids is 1. The van der Waals surface area contributed by atoms with Gasteiger partial charge in [0.1, 0.15) is 0 Å². The first kappa shape index (κ1) is 14.4. The second-order valence-electron chi connectivity index (χ2n) is 3.65. The van der Waals surface area contributed by atoms with Crippen molar-refractivity contribution in [1.29, 1.82) is 0 Å². The van der Waals surface area contributed by atoms with Crippen LogP contribution in [0, 0.1) is 5.92 Å². The Morgan fingerprint density at radius 1 is 1.31 bits per heavy atom. The van der Waals surface area contributed by atoms with Gasteiger partial charge in [-0.3, -0.25) is 9.59 Å². The molecule has 0 aromatic rings. The first-order valence-corrected chi connectivity index (χ1v) is 5.21. The summed E-state index contributed by atoms with van der Waals surface area (Å²) in [6.45, 7) is 7.43. The van der Waals surface area contributed by atoms with Crippen LogP contribution in [0.5, 0.6) is 0 Å². The van der Waals surface area contributed by atoms with Crippen molar-refractivity contribution in [2.45, 2.75) is 19.3 Å². The maximum Gasteiger partial charge on any atom is 0.305 e. The number of amides is 1. The fourth-order valence-electron chi connectivity index (χ4n) is 1.39. The minimum absolute atomic E-state index is 0.0306. The maximum atomic E-state index is 11.9. The molecule has 0 aliphatic rings. The van der Waals surface area contributed by atoms with Gasteiger partial charge in [0.25, 0.3) is 0 Å². The van der Waals surface area contributed by atoms with Crippen molar-refractivity contribution in [3.05, 3.63) is 25.3 Å². The first-order chi connectivity index (χ1) is 7.52. The molecular weight excluding hydrogens is 206 g/mol. The number of carboxylic acids is 1. The lowest BCUT2D eigenvalue weighted by atomic mass is 10.00. The molecule has 16 heavy (non-hydrogen) atoms. The van der Waals surface area contributed by atoms with E-state index in [1.54, 1.807) is 19.2 Å². The average Bonchev–Trinajstić information content (AvgIpc) is 2.24. The van der Waals surface area contributed by atoms with Crippen LogP contribution in [0.25, 0.3) is 0 Å². The number of rotatable bonds is 8. The Labute approximate surface area is 96.3 Å². The van der Waals surface area contributed by atoms with E-state index in [1.165, 1.54) is 4.90 Å². The lowest BCUT2D eigenvalue weighted by molar-refractivity contribution is -0.139. The van der Waals surface area contributed by atoms with Gasteiger partial charge in [-0.25, -0.2) is 0 Å². The van der Waals surface area contributed by atoms with E-state index in [9.17, 15) is 9.59 Å². The van der Waals surface area contributed by atoms with E-state index in [-0.39, 0.29) is 24.8 Å². The Balaban J connectivity index is 4.29. The number of hydrogen-bond acceptors (Lipinski definition) is 2. The van der Waals surface area contributed by atoms with E-state index in [4.69, 9.17) is 5.11 Å². The highest BCUT2D eigenvalue weighted by molar-refractivity contribution is 5.79. The SMILES string of the molecule is C=CCC(CC=C)C(=O)N(C)CCC(=O)O. The second kappa shape index (κ2) is 7.68. The highest BCUT2D eigenvalue weighted by Crippen LogP contribution is 2.13. The minimum atomic E-state index is -0.899. The fourth-order valence-corrected chi connectivity index (χ4v) is 1.39. The number of hydrogen-bond donors (Lipinski definition) is 1. The van der Waals surface area contributed by atoms with Crippen molar-refractivity contribution < 1.29 is 14.7 Å². The van der Waals surface area contributed by atoms with Gasteiger partial charge in [0.2, 0.25) is 5.91 Å². The van der Waals surface area contributed by atoms with E-state index in [1.807, 2.05) is 0 Å². The summed E-state index contributed by atoms with van der Waals surface area (Å²) >= 11 is 0. The summed E-state index contributed by atoms with van der Waals surface area (Å²) in [6.07, 6.45) is 4.52. The molecule has 1 amide bonds. The van der Waals surface area contributed by atoms with E-state index < -0.39 is 5.97 Å². The molecule has 4 heteroatoms. The third-order valence-corrected chi connectivity index (χ3v) is 2.29. The number of nitrogens with zero attached hydrogens (tertiary/aromatic N) is 1. The summed E-state index contributed by atoms with van der Waals surface area (Å²) in [5.74, 6) is -1.13. The van der Waals surface area contributed by atoms with E-state index in [0.717, 1.165) is 0 Å². The standard InChI is InChI=1S/C12H19NO3/c1-4-6-10(7-5-2)12(16)13(3)9-8-11(14)15/h4-5,10H,1-2,6-9H2,3H3,(H,14,15). The van der Waals surface area contributed by atoms with Gasteiger partial charge in [0.05, 0.1) is 6.42 Å². The zero-order valence-corrected chi connectivity index (χ0v) is 9.69. The Kier molecular flexibility index (Phi) is 6.92. The molecule has 0 aliphatic heterocycles. The van der Waals surface area contributed by atoms with Crippen LogP contribution in [0.4, 0.5) is 0 Å². The smallest absolute Gasteiger partial charge is 0.305 e. The van der Waals surface area contributed by atoms with Crippen LogP contribution >= 0.6 is 0 Å². The summed E-state index contributed by atoms with van der Waals surface area (Å²) in [5.41, 5.74) is 0. The Morgan fingerprint density at radius 2 is 1.81 bits per heavy atom. The summed E-state index contributed by atoms with van der Waals surface area (Å²) in [6, 6.07) is 0. The third kappa shape index (κ3) is 5.34. The predicted molar refractivity (Wildman–Crippen MR) is 63.0 cm³/mol. The first-order valence-electron chi connectivity index (χ1n) is 5.21. The van der Waals surface area contributed by atoms with Crippen LogP contribution in [-0.4, -0.2) is 35.5 Å². The van der Waals surface area contributed by atoms with Crippen molar-refractivity contribution in [2.24, 2.45) is 5.92 Å². The molecule has 0 spiro atoms. The molecule has 4 nitrogen and oxygen atoms in total. The summed E-state index contributed by atoms with van der Waals surface area (Å²) < 4.78 is 0. The quantitative estimate of drug-likeness (QED) is 0.639. The minimum Gasteiger partial charge on any atom is -0.481 e. The molecule has 0 saturated heterocycles. The Bertz CT molecular complexity index is 263. The van der Waals surface area contributed by atoms with Gasteiger partial charge in [0, 0.05) is 19.5 Å². The maximum absolute atomic E-state index is 11.9. The zero-order valence-electron chi connectivity index (χ0n) is 9.69. The molecular formula is C12H19NO3. The molecule has 0 heterocycles. The lowest BCUT2D eigenvalue weighted by Gasteiger charge is -2.21. The van der Waals surface area contributed by atoms with Gasteiger partial charge in [-0.05, 0) is 12.8 Å². The number of carboxylic acid groups (broad SMARTS) is 1. The van der Waals surface area contributed by atoms with Crippen molar-refractivity contribution >= 4 is 11.9 Å². The largest absolute Gasteiger partial charge is 0.481 e. The summed E-state index contributed by atoms with van der Waals surface area (Å²) in [7, 11) is 1.62. The van der Waals surface area contributed by atoms with Gasteiger partial charge >= 0.3 is 5.97 Å². The summed E-state index contributed by atoms with van der Waals surface area (Å²) in [5, 5.41) is 8.52. The molecule has 90 valence electrons. The highest BCUT2D eigenvalue weighted by atomic mass is 16.4. The molecule has 0 rings (SSSR count). The molecule has 0 aromatic carbocycles. The predicted octanol–water partition coefficient (Wildman–Crippen LogP) is 1.69. The normalized spacial score (nSPS) is 9.88. The molecule has 0 fully saturated rings. The van der Waals surface area contributed by atoms with Gasteiger partial charge in [-0.15, -0.1) is 13.2 Å². The molecule has 0 aromatic heterocycles. The number of allylic oxidation sites excluding steroid dienone is 2. The van der Waals surface area contributed by atoms with Gasteiger partial charge < -0.3 is 10.0 Å². The second-order valence-corrected chi connectivity index (χ2v) is 3.65. The van der Waals surface area contributed by atoms with Crippen LogP contribution < -0.4 is 0 Å². The lowest BCUT2D eigenvalue weighted by Crippen LogP contribution is -2.34. The third-order valence-electron chi connectivity index (χ3n) is 2.29. The van der Waals surface area contributed by atoms with Gasteiger partial charge in [-0.2, -0.15) is 0 Å². The molecule has 0 saturated carbocycles. The number of aliphatic carboxylic acids is 1. The monoisotopic (exact) mass is 225 g/mol.